The molecule has 3 N–H and O–H groups in total. The number of aliphatic hydroxyl groups is 1. The number of amides is 1. The number of hydrogen-bond acceptors (Lipinski definition) is 6. The van der Waals surface area contributed by atoms with E-state index in [0.717, 1.165) is 12.7 Å². The van der Waals surface area contributed by atoms with Gasteiger partial charge in [0.1, 0.15) is 11.9 Å². The fourth-order valence-corrected chi connectivity index (χ4v) is 4.26. The highest BCUT2D eigenvalue weighted by atomic mass is 32.2. The topological polar surface area (TPSA) is 122 Å². The molecule has 8 nitrogen and oxygen atoms in total. The largest absolute Gasteiger partial charge is 0.444 e. The summed E-state index contributed by atoms with van der Waals surface area (Å²) in [5.41, 5.74) is -0.0306. The normalized spacial score (nSPS) is 12.9. The molecule has 0 aromatic heterocycles. The van der Waals surface area contributed by atoms with Crippen molar-refractivity contribution in [3.05, 3.63) is 29.8 Å². The maximum absolute atomic E-state index is 12.7. The Balaban J connectivity index is 2.50. The van der Waals surface area contributed by atoms with Crippen molar-refractivity contribution in [2.75, 3.05) is 19.7 Å². The number of unbranched alkanes of at least 4 members (excludes halogenated alkanes) is 2. The monoisotopic (exact) mass is 442 g/mol. The van der Waals surface area contributed by atoms with E-state index >= 15 is 0 Å². The average Bonchev–Trinajstić information content (AvgIpc) is 2.66. The number of carbonyl (C=O) groups excluding carboxylic acids is 2. The molecular weight excluding hydrogens is 408 g/mol. The summed E-state index contributed by atoms with van der Waals surface area (Å²) in [7, 11) is -3.74. The SMILES string of the molecule is CC(C)(C)OC(=O)NCCCCCNS(=O)(=O)c1ccccc1C(CO)CCC=O. The van der Waals surface area contributed by atoms with Crippen LogP contribution >= 0.6 is 0 Å². The Hall–Kier alpha value is -1.97. The number of rotatable bonds is 13. The lowest BCUT2D eigenvalue weighted by Gasteiger charge is -2.19. The van der Waals surface area contributed by atoms with Crippen LogP contribution in [-0.4, -0.2) is 51.2 Å². The van der Waals surface area contributed by atoms with E-state index in [-0.39, 0.29) is 24.5 Å². The van der Waals surface area contributed by atoms with Gasteiger partial charge in [-0.05, 0) is 51.7 Å². The van der Waals surface area contributed by atoms with Gasteiger partial charge in [0.05, 0.1) is 4.90 Å². The summed E-state index contributed by atoms with van der Waals surface area (Å²) >= 11 is 0. The van der Waals surface area contributed by atoms with Crippen LogP contribution in [0.25, 0.3) is 0 Å². The van der Waals surface area contributed by atoms with Gasteiger partial charge < -0.3 is 20.0 Å². The quantitative estimate of drug-likeness (QED) is 0.319. The molecule has 0 radical (unpaired) electrons. The first-order valence-electron chi connectivity index (χ1n) is 10.2. The van der Waals surface area contributed by atoms with Crippen molar-refractivity contribution in [3.63, 3.8) is 0 Å². The molecule has 0 saturated carbocycles. The molecule has 0 bridgehead atoms. The third-order valence-corrected chi connectivity index (χ3v) is 5.85. The fourth-order valence-electron chi connectivity index (χ4n) is 2.89. The number of benzene rings is 1. The molecule has 0 aliphatic rings. The molecule has 0 fully saturated rings. The van der Waals surface area contributed by atoms with Crippen LogP contribution in [0.3, 0.4) is 0 Å². The number of aldehydes is 1. The third kappa shape index (κ3) is 9.69. The minimum Gasteiger partial charge on any atom is -0.444 e. The molecule has 0 heterocycles. The number of ether oxygens (including phenoxy) is 1. The van der Waals surface area contributed by atoms with Gasteiger partial charge in [0.15, 0.2) is 0 Å². The van der Waals surface area contributed by atoms with Gasteiger partial charge in [-0.1, -0.05) is 24.6 Å². The van der Waals surface area contributed by atoms with Gasteiger partial charge in [-0.3, -0.25) is 0 Å². The summed E-state index contributed by atoms with van der Waals surface area (Å²) in [6, 6.07) is 6.53. The van der Waals surface area contributed by atoms with Gasteiger partial charge >= 0.3 is 6.09 Å². The van der Waals surface area contributed by atoms with Crippen molar-refractivity contribution in [1.29, 1.82) is 0 Å². The minimum atomic E-state index is -3.74. The van der Waals surface area contributed by atoms with Gasteiger partial charge in [-0.15, -0.1) is 0 Å². The van der Waals surface area contributed by atoms with Gasteiger partial charge in [0.25, 0.3) is 0 Å². The van der Waals surface area contributed by atoms with Crippen LogP contribution in [-0.2, 0) is 19.6 Å². The van der Waals surface area contributed by atoms with Gasteiger partial charge in [-0.25, -0.2) is 17.9 Å². The molecule has 30 heavy (non-hydrogen) atoms. The number of alkyl carbamates (subject to hydrolysis) is 1. The van der Waals surface area contributed by atoms with Crippen molar-refractivity contribution < 1.29 is 27.9 Å². The predicted octanol–water partition coefficient (Wildman–Crippen LogP) is 2.71. The Morgan fingerprint density at radius 1 is 1.17 bits per heavy atom. The van der Waals surface area contributed by atoms with Gasteiger partial charge in [-0.2, -0.15) is 0 Å². The molecule has 1 aromatic carbocycles. The fraction of sp³-hybridized carbons (Fsp3) is 0.619. The molecule has 1 aromatic rings. The van der Waals surface area contributed by atoms with Crippen molar-refractivity contribution in [3.8, 4) is 0 Å². The zero-order valence-electron chi connectivity index (χ0n) is 18.0. The lowest BCUT2D eigenvalue weighted by atomic mass is 9.95. The van der Waals surface area contributed by atoms with Crippen molar-refractivity contribution in [2.24, 2.45) is 0 Å². The summed E-state index contributed by atoms with van der Waals surface area (Å²) in [4.78, 5) is 22.3. The van der Waals surface area contributed by atoms with E-state index in [1.807, 2.05) is 0 Å². The highest BCUT2D eigenvalue weighted by Gasteiger charge is 2.22. The number of carbonyl (C=O) groups is 2. The van der Waals surface area contributed by atoms with Crippen LogP contribution < -0.4 is 10.0 Å². The summed E-state index contributed by atoms with van der Waals surface area (Å²) in [5.74, 6) is -0.415. The van der Waals surface area contributed by atoms with Gasteiger partial charge in [0, 0.05) is 32.0 Å². The van der Waals surface area contributed by atoms with E-state index in [0.29, 0.717) is 31.4 Å². The Bertz CT molecular complexity index is 774. The molecule has 0 saturated heterocycles. The second kappa shape index (κ2) is 12.7. The molecule has 0 spiro atoms. The first-order chi connectivity index (χ1) is 14.1. The molecule has 170 valence electrons. The van der Waals surface area contributed by atoms with Crippen LogP contribution in [0.5, 0.6) is 0 Å². The van der Waals surface area contributed by atoms with E-state index in [1.54, 1.807) is 39.0 Å². The highest BCUT2D eigenvalue weighted by Crippen LogP contribution is 2.27. The molecule has 1 amide bonds. The Labute approximate surface area is 179 Å². The summed E-state index contributed by atoms with van der Waals surface area (Å²) < 4.78 is 33.2. The molecule has 1 atom stereocenters. The number of nitrogens with one attached hydrogen (secondary N) is 2. The molecule has 1 rings (SSSR count). The molecule has 9 heteroatoms. The second-order valence-electron chi connectivity index (χ2n) is 8.05. The van der Waals surface area contributed by atoms with Crippen molar-refractivity contribution in [1.82, 2.24) is 10.0 Å². The van der Waals surface area contributed by atoms with Crippen LogP contribution in [0.2, 0.25) is 0 Å². The van der Waals surface area contributed by atoms with Crippen LogP contribution in [0, 0.1) is 0 Å². The number of sulfonamides is 1. The van der Waals surface area contributed by atoms with Crippen molar-refractivity contribution in [2.45, 2.75) is 69.3 Å². The lowest BCUT2D eigenvalue weighted by molar-refractivity contribution is -0.108. The Morgan fingerprint density at radius 2 is 1.83 bits per heavy atom. The maximum Gasteiger partial charge on any atom is 0.407 e. The first-order valence-corrected chi connectivity index (χ1v) is 11.7. The van der Waals surface area contributed by atoms with E-state index in [4.69, 9.17) is 4.74 Å². The Kier molecular flexibility index (Phi) is 11.0. The molecular formula is C21H34N2O6S. The lowest BCUT2D eigenvalue weighted by Crippen LogP contribution is -2.33. The summed E-state index contributed by atoms with van der Waals surface area (Å²) in [6.07, 6.45) is 2.99. The standard InChI is InChI=1S/C21H34N2O6S/c1-21(2,3)29-20(26)22-13-7-4-8-14-23-30(27,28)19-12-6-5-11-18(19)17(16-25)10-9-15-24/h5-6,11-12,15,17,23,25H,4,7-10,13-14,16H2,1-3H3,(H,22,26). The smallest absolute Gasteiger partial charge is 0.407 e. The van der Waals surface area contributed by atoms with E-state index in [9.17, 15) is 23.1 Å². The summed E-state index contributed by atoms with van der Waals surface area (Å²) in [5, 5.41) is 12.3. The van der Waals surface area contributed by atoms with Crippen LogP contribution in [0.1, 0.15) is 64.4 Å². The van der Waals surface area contributed by atoms with E-state index < -0.39 is 27.6 Å². The van der Waals surface area contributed by atoms with Gasteiger partial charge in [0.2, 0.25) is 10.0 Å². The maximum atomic E-state index is 12.7. The highest BCUT2D eigenvalue weighted by molar-refractivity contribution is 7.89. The summed E-state index contributed by atoms with van der Waals surface area (Å²) in [6.45, 7) is 5.87. The van der Waals surface area contributed by atoms with E-state index in [2.05, 4.69) is 10.0 Å². The van der Waals surface area contributed by atoms with E-state index in [1.165, 1.54) is 6.07 Å². The molecule has 0 aliphatic heterocycles. The predicted molar refractivity (Wildman–Crippen MR) is 115 cm³/mol. The van der Waals surface area contributed by atoms with Crippen LogP contribution in [0.15, 0.2) is 29.2 Å². The Morgan fingerprint density at radius 3 is 2.47 bits per heavy atom. The first kappa shape index (κ1) is 26.1. The molecule has 1 unspecified atom stereocenters. The third-order valence-electron chi connectivity index (χ3n) is 4.32. The number of aliphatic hydroxyl groups excluding tert-OH is 1. The second-order valence-corrected chi connectivity index (χ2v) is 9.78. The van der Waals surface area contributed by atoms with Crippen LogP contribution in [0.4, 0.5) is 4.79 Å². The minimum absolute atomic E-state index is 0.126. The zero-order chi connectivity index (χ0) is 22.6. The average molecular weight is 443 g/mol. The number of hydrogen-bond donors (Lipinski definition) is 3. The van der Waals surface area contributed by atoms with Crippen molar-refractivity contribution >= 4 is 22.4 Å². The zero-order valence-corrected chi connectivity index (χ0v) is 18.8. The molecule has 0 aliphatic carbocycles.